The largest absolute Gasteiger partial charge is 0.368 e. The summed E-state index contributed by atoms with van der Waals surface area (Å²) in [6, 6.07) is 21.3. The molecule has 0 N–H and O–H groups in total. The van der Waals surface area contributed by atoms with Crippen molar-refractivity contribution in [2.45, 2.75) is 30.6 Å². The maximum Gasteiger partial charge on any atom is 0.210 e. The highest BCUT2D eigenvalue weighted by atomic mass is 32.2. The molecule has 0 spiro atoms. The van der Waals surface area contributed by atoms with Gasteiger partial charge in [0.15, 0.2) is 0 Å². The Labute approximate surface area is 201 Å². The van der Waals surface area contributed by atoms with Gasteiger partial charge in [0.05, 0.1) is 16.1 Å². The SMILES string of the molecule is Cc1ccc(S(=O)(=O)c2cnc3ccccc3c2N2CCN(c3cccc(C)c3C)CC2)cc1. The molecule has 1 fully saturated rings. The molecular formula is C28H29N3O2S. The minimum atomic E-state index is -3.72. The first-order valence-electron chi connectivity index (χ1n) is 11.6. The smallest absolute Gasteiger partial charge is 0.210 e. The molecule has 34 heavy (non-hydrogen) atoms. The van der Waals surface area contributed by atoms with Gasteiger partial charge in [-0.15, -0.1) is 0 Å². The van der Waals surface area contributed by atoms with Gasteiger partial charge in [0.1, 0.15) is 4.90 Å². The highest BCUT2D eigenvalue weighted by Gasteiger charge is 2.29. The fraction of sp³-hybridized carbons (Fsp3) is 0.250. The van der Waals surface area contributed by atoms with Gasteiger partial charge in [-0.1, -0.05) is 48.0 Å². The Hall–Kier alpha value is -3.38. The molecule has 0 aliphatic carbocycles. The van der Waals surface area contributed by atoms with Gasteiger partial charge in [0, 0.05) is 43.4 Å². The number of benzene rings is 3. The van der Waals surface area contributed by atoms with Gasteiger partial charge in [0.25, 0.3) is 0 Å². The summed E-state index contributed by atoms with van der Waals surface area (Å²) >= 11 is 0. The van der Waals surface area contributed by atoms with Gasteiger partial charge in [-0.05, 0) is 56.2 Å². The van der Waals surface area contributed by atoms with E-state index in [1.165, 1.54) is 23.0 Å². The molecule has 0 amide bonds. The number of aromatic nitrogens is 1. The summed E-state index contributed by atoms with van der Waals surface area (Å²) in [6.45, 7) is 9.38. The Kier molecular flexibility index (Phi) is 5.78. The number of pyridine rings is 1. The van der Waals surface area contributed by atoms with Crippen molar-refractivity contribution in [1.29, 1.82) is 0 Å². The van der Waals surface area contributed by atoms with Crippen LogP contribution in [0.25, 0.3) is 10.9 Å². The normalized spacial score (nSPS) is 14.6. The zero-order valence-electron chi connectivity index (χ0n) is 19.8. The van der Waals surface area contributed by atoms with Gasteiger partial charge in [-0.2, -0.15) is 0 Å². The lowest BCUT2D eigenvalue weighted by atomic mass is 10.1. The number of nitrogens with zero attached hydrogens (tertiary/aromatic N) is 3. The van der Waals surface area contributed by atoms with Crippen molar-refractivity contribution in [3.63, 3.8) is 0 Å². The van der Waals surface area contributed by atoms with Crippen LogP contribution in [0.5, 0.6) is 0 Å². The van der Waals surface area contributed by atoms with E-state index in [9.17, 15) is 8.42 Å². The van der Waals surface area contributed by atoms with Crippen LogP contribution in [0.2, 0.25) is 0 Å². The molecule has 2 heterocycles. The molecule has 1 aliphatic heterocycles. The second kappa shape index (κ2) is 8.76. The Morgan fingerprint density at radius 2 is 1.44 bits per heavy atom. The van der Waals surface area contributed by atoms with E-state index in [-0.39, 0.29) is 4.90 Å². The quantitative estimate of drug-likeness (QED) is 0.403. The molecule has 1 aliphatic rings. The monoisotopic (exact) mass is 471 g/mol. The highest BCUT2D eigenvalue weighted by Crippen LogP contribution is 2.37. The zero-order valence-corrected chi connectivity index (χ0v) is 20.6. The minimum Gasteiger partial charge on any atom is -0.368 e. The van der Waals surface area contributed by atoms with Crippen molar-refractivity contribution in [1.82, 2.24) is 4.98 Å². The average Bonchev–Trinajstić information content (AvgIpc) is 2.85. The third kappa shape index (κ3) is 3.92. The van der Waals surface area contributed by atoms with Crippen LogP contribution >= 0.6 is 0 Å². The van der Waals surface area contributed by atoms with Crippen molar-refractivity contribution in [3.8, 4) is 0 Å². The van der Waals surface area contributed by atoms with Gasteiger partial charge >= 0.3 is 0 Å². The van der Waals surface area contributed by atoms with Gasteiger partial charge < -0.3 is 9.80 Å². The molecule has 5 rings (SSSR count). The maximum atomic E-state index is 13.7. The zero-order chi connectivity index (χ0) is 23.9. The van der Waals surface area contributed by atoms with E-state index < -0.39 is 9.84 Å². The van der Waals surface area contributed by atoms with E-state index in [4.69, 9.17) is 0 Å². The molecule has 3 aromatic carbocycles. The van der Waals surface area contributed by atoms with Gasteiger partial charge in [0.2, 0.25) is 9.84 Å². The molecule has 1 aromatic heterocycles. The third-order valence-electron chi connectivity index (χ3n) is 6.85. The predicted molar refractivity (Wildman–Crippen MR) is 139 cm³/mol. The highest BCUT2D eigenvalue weighted by molar-refractivity contribution is 7.91. The first-order chi connectivity index (χ1) is 16.4. The van der Waals surface area contributed by atoms with Crippen LogP contribution in [0.1, 0.15) is 16.7 Å². The molecule has 174 valence electrons. The number of para-hydroxylation sites is 1. The summed E-state index contributed by atoms with van der Waals surface area (Å²) in [7, 11) is -3.72. The molecule has 0 radical (unpaired) electrons. The van der Waals surface area contributed by atoms with E-state index in [2.05, 4.69) is 46.8 Å². The summed E-state index contributed by atoms with van der Waals surface area (Å²) in [5.74, 6) is 0. The van der Waals surface area contributed by atoms with Crippen LogP contribution in [0.3, 0.4) is 0 Å². The van der Waals surface area contributed by atoms with E-state index >= 15 is 0 Å². The molecule has 4 aromatic rings. The third-order valence-corrected chi connectivity index (χ3v) is 8.62. The van der Waals surface area contributed by atoms with Crippen molar-refractivity contribution in [3.05, 3.63) is 89.6 Å². The van der Waals surface area contributed by atoms with Gasteiger partial charge in [-0.25, -0.2) is 8.42 Å². The second-order valence-corrected chi connectivity index (χ2v) is 10.9. The fourth-order valence-corrected chi connectivity index (χ4v) is 6.16. The summed E-state index contributed by atoms with van der Waals surface area (Å²) in [6.07, 6.45) is 1.53. The molecule has 1 saturated heterocycles. The molecule has 5 nitrogen and oxygen atoms in total. The van der Waals surface area contributed by atoms with Crippen LogP contribution in [0, 0.1) is 20.8 Å². The summed E-state index contributed by atoms with van der Waals surface area (Å²) < 4.78 is 27.5. The molecule has 0 bridgehead atoms. The number of hydrogen-bond donors (Lipinski definition) is 0. The number of aryl methyl sites for hydroxylation is 2. The van der Waals surface area contributed by atoms with Crippen LogP contribution in [0.15, 0.2) is 82.7 Å². The Morgan fingerprint density at radius 1 is 0.765 bits per heavy atom. The van der Waals surface area contributed by atoms with Crippen LogP contribution in [-0.4, -0.2) is 39.6 Å². The fourth-order valence-electron chi connectivity index (χ4n) is 4.72. The Morgan fingerprint density at radius 3 is 2.18 bits per heavy atom. The number of fused-ring (bicyclic) bond motifs is 1. The number of piperazine rings is 1. The lowest BCUT2D eigenvalue weighted by Gasteiger charge is -2.39. The standard InChI is InChI=1S/C28H29N3O2S/c1-20-11-13-23(14-12-20)34(32,33)27-19-29-25-9-5-4-8-24(25)28(27)31-17-15-30(16-18-31)26-10-6-7-21(2)22(26)3/h4-14,19H,15-18H2,1-3H3. The lowest BCUT2D eigenvalue weighted by Crippen LogP contribution is -2.47. The maximum absolute atomic E-state index is 13.7. The summed E-state index contributed by atoms with van der Waals surface area (Å²) in [4.78, 5) is 9.70. The number of rotatable bonds is 4. The summed E-state index contributed by atoms with van der Waals surface area (Å²) in [5.41, 5.74) is 6.42. The minimum absolute atomic E-state index is 0.273. The second-order valence-electron chi connectivity index (χ2n) is 9.00. The van der Waals surface area contributed by atoms with Crippen LogP contribution < -0.4 is 9.80 Å². The summed E-state index contributed by atoms with van der Waals surface area (Å²) in [5, 5.41) is 0.871. The average molecular weight is 472 g/mol. The number of anilines is 2. The van der Waals surface area contributed by atoms with E-state index in [1.54, 1.807) is 12.1 Å². The topological polar surface area (TPSA) is 53.5 Å². The van der Waals surface area contributed by atoms with E-state index in [1.807, 2.05) is 43.3 Å². The van der Waals surface area contributed by atoms with Crippen LogP contribution in [0.4, 0.5) is 11.4 Å². The molecule has 0 saturated carbocycles. The van der Waals surface area contributed by atoms with Crippen molar-refractivity contribution < 1.29 is 8.42 Å². The number of hydrogen-bond acceptors (Lipinski definition) is 5. The molecule has 0 unspecified atom stereocenters. The van der Waals surface area contributed by atoms with E-state index in [0.29, 0.717) is 4.90 Å². The number of sulfone groups is 1. The predicted octanol–water partition coefficient (Wildman–Crippen LogP) is 5.32. The lowest BCUT2D eigenvalue weighted by molar-refractivity contribution is 0.594. The van der Waals surface area contributed by atoms with Crippen molar-refractivity contribution >= 4 is 32.1 Å². The molecule has 0 atom stereocenters. The van der Waals surface area contributed by atoms with E-state index in [0.717, 1.165) is 48.3 Å². The first-order valence-corrected chi connectivity index (χ1v) is 13.1. The Balaban J connectivity index is 1.55. The molecule has 6 heteroatoms. The van der Waals surface area contributed by atoms with Crippen LogP contribution in [-0.2, 0) is 9.84 Å². The Bertz CT molecular complexity index is 1460. The van der Waals surface area contributed by atoms with Crippen molar-refractivity contribution in [2.24, 2.45) is 0 Å². The van der Waals surface area contributed by atoms with Crippen molar-refractivity contribution in [2.75, 3.05) is 36.0 Å². The van der Waals surface area contributed by atoms with Gasteiger partial charge in [-0.3, -0.25) is 4.98 Å². The molecular weight excluding hydrogens is 442 g/mol. The first kappa shape index (κ1) is 22.4.